The maximum Gasteiger partial charge on any atom is 3.00 e. The molecule has 0 aliphatic carbocycles. The van der Waals surface area contributed by atoms with E-state index in [-0.39, 0.29) is 16.8 Å². The minimum Gasteiger partial charge on any atom is -0.356 e. The average molecular weight is 451 g/mol. The fourth-order valence-corrected chi connectivity index (χ4v) is 0.658. The van der Waals surface area contributed by atoms with Gasteiger partial charge in [-0.1, -0.05) is 0 Å². The Balaban J connectivity index is -0.0000000520. The van der Waals surface area contributed by atoms with E-state index >= 15 is 0 Å². The minimum atomic E-state index is -1.75. The predicted octanol–water partition coefficient (Wildman–Crippen LogP) is -3.73. The Hall–Kier alpha value is -2.13. The standard InChI is InChI=1S/2C4H13N3.Co.3NO3/c2*5-1-3-7-4-2-6;;3*2-1(3)4/h2*7H,1-6H2;;;;/q;;+3;3*-1. The zero-order valence-corrected chi connectivity index (χ0v) is 15.4. The molecular formula is C8H26CoN9O9. The number of rotatable bonds is 8. The minimum absolute atomic E-state index is 0. The second-order valence-electron chi connectivity index (χ2n) is 3.33. The van der Waals surface area contributed by atoms with Gasteiger partial charge in [0.25, 0.3) is 0 Å². The first kappa shape index (κ1) is 39.8. The second-order valence-corrected chi connectivity index (χ2v) is 3.33. The summed E-state index contributed by atoms with van der Waals surface area (Å²) in [5, 5.41) is 50.3. The fourth-order valence-electron chi connectivity index (χ4n) is 0.658. The summed E-state index contributed by atoms with van der Waals surface area (Å²) in [6.45, 7) is 6.27. The van der Waals surface area contributed by atoms with Crippen LogP contribution in [0.5, 0.6) is 0 Å². The normalized spacial score (nSPS) is 7.56. The molecule has 0 saturated heterocycles. The van der Waals surface area contributed by atoms with Gasteiger partial charge in [0.15, 0.2) is 0 Å². The zero-order valence-electron chi connectivity index (χ0n) is 14.3. The molecule has 0 atom stereocenters. The van der Waals surface area contributed by atoms with Gasteiger partial charge in [0.05, 0.1) is 15.3 Å². The van der Waals surface area contributed by atoms with Crippen molar-refractivity contribution in [2.24, 2.45) is 22.9 Å². The second kappa shape index (κ2) is 43.9. The first-order chi connectivity index (χ1) is 12.0. The van der Waals surface area contributed by atoms with Crippen molar-refractivity contribution in [2.45, 2.75) is 0 Å². The van der Waals surface area contributed by atoms with Gasteiger partial charge in [0.1, 0.15) is 0 Å². The van der Waals surface area contributed by atoms with Crippen LogP contribution >= 0.6 is 0 Å². The smallest absolute Gasteiger partial charge is 0.356 e. The van der Waals surface area contributed by atoms with E-state index in [2.05, 4.69) is 10.6 Å². The van der Waals surface area contributed by atoms with Crippen molar-refractivity contribution in [3.8, 4) is 0 Å². The Labute approximate surface area is 164 Å². The Kier molecular flexibility index (Phi) is 64.7. The van der Waals surface area contributed by atoms with Crippen molar-refractivity contribution in [3.05, 3.63) is 46.0 Å². The molecule has 0 rings (SSSR count). The number of nitrogens with zero attached hydrogens (tertiary/aromatic N) is 3. The Morgan fingerprint density at radius 1 is 0.519 bits per heavy atom. The summed E-state index contributed by atoms with van der Waals surface area (Å²) in [6, 6.07) is 0. The van der Waals surface area contributed by atoms with Gasteiger partial charge in [-0.3, -0.25) is 0 Å². The van der Waals surface area contributed by atoms with Crippen molar-refractivity contribution >= 4 is 0 Å². The number of nitrogens with two attached hydrogens (primary N) is 4. The Bertz CT molecular complexity index is 246. The van der Waals surface area contributed by atoms with Gasteiger partial charge in [-0.05, 0) is 0 Å². The van der Waals surface area contributed by atoms with Gasteiger partial charge in [-0.2, -0.15) is 0 Å². The fraction of sp³-hybridized carbons (Fsp3) is 1.00. The van der Waals surface area contributed by atoms with Gasteiger partial charge in [-0.15, -0.1) is 0 Å². The van der Waals surface area contributed by atoms with E-state index in [1.807, 2.05) is 0 Å². The van der Waals surface area contributed by atoms with Crippen LogP contribution in [-0.2, 0) is 16.8 Å². The molecule has 0 unspecified atom stereocenters. The molecule has 10 N–H and O–H groups in total. The van der Waals surface area contributed by atoms with Crippen molar-refractivity contribution in [1.82, 2.24) is 10.6 Å². The molecular weight excluding hydrogens is 425 g/mol. The maximum absolute atomic E-state index is 8.25. The topological polar surface area (TPSA) is 327 Å². The molecule has 27 heavy (non-hydrogen) atoms. The summed E-state index contributed by atoms with van der Waals surface area (Å²) < 4.78 is 0. The maximum atomic E-state index is 8.25. The zero-order chi connectivity index (χ0) is 21.8. The molecule has 19 heteroatoms. The number of hydrogen-bond acceptors (Lipinski definition) is 15. The third kappa shape index (κ3) is 332. The predicted molar refractivity (Wildman–Crippen MR) is 93.0 cm³/mol. The van der Waals surface area contributed by atoms with Crippen LogP contribution in [0.3, 0.4) is 0 Å². The van der Waals surface area contributed by atoms with Crippen LogP contribution in [0.4, 0.5) is 0 Å². The first-order valence-electron chi connectivity index (χ1n) is 6.69. The molecule has 18 nitrogen and oxygen atoms in total. The van der Waals surface area contributed by atoms with E-state index in [1.165, 1.54) is 0 Å². The molecule has 0 fully saturated rings. The van der Waals surface area contributed by atoms with E-state index in [1.54, 1.807) is 0 Å². The van der Waals surface area contributed by atoms with E-state index < -0.39 is 15.3 Å². The molecule has 0 aromatic rings. The quantitative estimate of drug-likeness (QED) is 0.117. The van der Waals surface area contributed by atoms with Crippen LogP contribution < -0.4 is 33.6 Å². The molecule has 166 valence electrons. The molecule has 0 saturated carbocycles. The molecule has 0 aliphatic heterocycles. The third-order valence-corrected chi connectivity index (χ3v) is 1.28. The molecule has 0 aliphatic rings. The summed E-state index contributed by atoms with van der Waals surface area (Å²) in [6.07, 6.45) is 0. The van der Waals surface area contributed by atoms with Gasteiger partial charge in [0.2, 0.25) is 0 Å². The van der Waals surface area contributed by atoms with Crippen LogP contribution in [0.1, 0.15) is 0 Å². The van der Waals surface area contributed by atoms with E-state index in [9.17, 15) is 0 Å². The molecule has 0 radical (unpaired) electrons. The molecule has 0 aromatic heterocycles. The van der Waals surface area contributed by atoms with Gasteiger partial charge >= 0.3 is 16.8 Å². The Morgan fingerprint density at radius 2 is 0.630 bits per heavy atom. The molecule has 0 heterocycles. The third-order valence-electron chi connectivity index (χ3n) is 1.28. The summed E-state index contributed by atoms with van der Waals surface area (Å²) in [4.78, 5) is 24.8. The largest absolute Gasteiger partial charge is 3.00 e. The van der Waals surface area contributed by atoms with E-state index in [0.717, 1.165) is 26.2 Å². The van der Waals surface area contributed by atoms with Gasteiger partial charge in [-0.25, -0.2) is 0 Å². The SMILES string of the molecule is NCCNCCN.NCCNCCN.O=[N+]([O-])[O-].O=[N+]([O-])[O-].O=[N+]([O-])[O-].[Co+3]. The van der Waals surface area contributed by atoms with E-state index in [4.69, 9.17) is 68.9 Å². The molecule has 0 amide bonds. The average Bonchev–Trinajstić information content (AvgIpc) is 2.47. The van der Waals surface area contributed by atoms with Crippen LogP contribution in [0, 0.1) is 46.0 Å². The molecule has 0 aromatic carbocycles. The van der Waals surface area contributed by atoms with Crippen LogP contribution in [-0.4, -0.2) is 67.6 Å². The first-order valence-corrected chi connectivity index (χ1v) is 6.69. The van der Waals surface area contributed by atoms with Gasteiger partial charge in [0, 0.05) is 52.4 Å². The van der Waals surface area contributed by atoms with Gasteiger partial charge < -0.3 is 79.5 Å². The Morgan fingerprint density at radius 3 is 0.704 bits per heavy atom. The summed E-state index contributed by atoms with van der Waals surface area (Å²) in [7, 11) is 0. The van der Waals surface area contributed by atoms with Crippen LogP contribution in [0.2, 0.25) is 0 Å². The van der Waals surface area contributed by atoms with E-state index in [0.29, 0.717) is 26.2 Å². The van der Waals surface area contributed by atoms with Crippen molar-refractivity contribution in [3.63, 3.8) is 0 Å². The number of hydrogen-bond donors (Lipinski definition) is 6. The molecule has 0 bridgehead atoms. The van der Waals surface area contributed by atoms with Crippen LogP contribution in [0.25, 0.3) is 0 Å². The monoisotopic (exact) mass is 451 g/mol. The van der Waals surface area contributed by atoms with Crippen molar-refractivity contribution in [1.29, 1.82) is 0 Å². The van der Waals surface area contributed by atoms with Crippen molar-refractivity contribution in [2.75, 3.05) is 52.4 Å². The van der Waals surface area contributed by atoms with Crippen molar-refractivity contribution < 1.29 is 32.0 Å². The summed E-state index contributed by atoms with van der Waals surface area (Å²) >= 11 is 0. The summed E-state index contributed by atoms with van der Waals surface area (Å²) in [5.74, 6) is 0. The van der Waals surface area contributed by atoms with Crippen LogP contribution in [0.15, 0.2) is 0 Å². The number of nitrogens with one attached hydrogen (secondary N) is 2. The molecule has 0 spiro atoms. The summed E-state index contributed by atoms with van der Waals surface area (Å²) in [5.41, 5.74) is 20.7.